The molecule has 1 aliphatic carbocycles. The topological polar surface area (TPSA) is 24.5 Å². The van der Waals surface area contributed by atoms with Crippen LogP contribution in [0.3, 0.4) is 0 Å². The number of hydrogen-bond acceptors (Lipinski definition) is 3. The van der Waals surface area contributed by atoms with Crippen LogP contribution in [0.5, 0.6) is 0 Å². The lowest BCUT2D eigenvalue weighted by Gasteiger charge is -2.61. The van der Waals surface area contributed by atoms with Crippen LogP contribution < -0.4 is 5.32 Å². The van der Waals surface area contributed by atoms with Crippen LogP contribution in [-0.2, 0) is 4.74 Å². The predicted molar refractivity (Wildman–Crippen MR) is 73.7 cm³/mol. The molecular weight excluding hydrogens is 224 g/mol. The van der Waals surface area contributed by atoms with Crippen molar-refractivity contribution in [1.82, 2.24) is 10.2 Å². The van der Waals surface area contributed by atoms with Gasteiger partial charge < -0.3 is 15.0 Å². The minimum atomic E-state index is 0.328. The fourth-order valence-electron chi connectivity index (χ4n) is 4.29. The summed E-state index contributed by atoms with van der Waals surface area (Å²) in [5, 5.41) is 3.96. The molecule has 2 saturated heterocycles. The number of piperidine rings is 1. The molecule has 104 valence electrons. The van der Waals surface area contributed by atoms with Gasteiger partial charge in [0.1, 0.15) is 0 Å². The molecule has 1 N–H and O–H groups in total. The fourth-order valence-corrected chi connectivity index (χ4v) is 4.29. The van der Waals surface area contributed by atoms with Gasteiger partial charge in [0, 0.05) is 30.0 Å². The highest BCUT2D eigenvalue weighted by molar-refractivity contribution is 5.11. The molecule has 2 aliphatic heterocycles. The van der Waals surface area contributed by atoms with Crippen molar-refractivity contribution in [2.45, 2.75) is 57.7 Å². The Kier molecular flexibility index (Phi) is 3.41. The van der Waals surface area contributed by atoms with E-state index < -0.39 is 0 Å². The molecule has 3 rings (SSSR count). The molecule has 0 bridgehead atoms. The molecule has 3 aliphatic rings. The van der Waals surface area contributed by atoms with Crippen molar-refractivity contribution >= 4 is 0 Å². The maximum absolute atomic E-state index is 5.98. The standard InChI is InChI=1S/C15H28N2O/c1-15(2)13(12-5-4-10-18-14(12)15)16-11-6-8-17(3)9-7-11/h11-14,16H,4-10H2,1-3H3. The zero-order chi connectivity index (χ0) is 12.8. The van der Waals surface area contributed by atoms with Crippen molar-refractivity contribution in [2.24, 2.45) is 11.3 Å². The number of hydrogen-bond donors (Lipinski definition) is 1. The smallest absolute Gasteiger partial charge is 0.0684 e. The first kappa shape index (κ1) is 12.9. The molecule has 0 spiro atoms. The number of likely N-dealkylation sites (tertiary alicyclic amines) is 1. The third kappa shape index (κ3) is 2.10. The van der Waals surface area contributed by atoms with E-state index in [-0.39, 0.29) is 0 Å². The molecule has 0 radical (unpaired) electrons. The number of fused-ring (bicyclic) bond motifs is 1. The molecule has 0 aromatic carbocycles. The van der Waals surface area contributed by atoms with Gasteiger partial charge in [-0.25, -0.2) is 0 Å². The number of ether oxygens (including phenoxy) is 1. The van der Waals surface area contributed by atoms with E-state index in [1.165, 1.54) is 38.8 Å². The maximum atomic E-state index is 5.98. The summed E-state index contributed by atoms with van der Waals surface area (Å²) in [7, 11) is 2.23. The largest absolute Gasteiger partial charge is 0.377 e. The molecular formula is C15H28N2O. The summed E-state index contributed by atoms with van der Waals surface area (Å²) in [5.74, 6) is 0.772. The highest BCUT2D eigenvalue weighted by Gasteiger charge is 2.58. The molecule has 3 unspecified atom stereocenters. The van der Waals surface area contributed by atoms with Gasteiger partial charge in [0.25, 0.3) is 0 Å². The van der Waals surface area contributed by atoms with E-state index in [2.05, 4.69) is 31.1 Å². The molecule has 3 nitrogen and oxygen atoms in total. The monoisotopic (exact) mass is 252 g/mol. The van der Waals surface area contributed by atoms with E-state index >= 15 is 0 Å². The quantitative estimate of drug-likeness (QED) is 0.812. The average molecular weight is 252 g/mol. The molecule has 2 heterocycles. The minimum absolute atomic E-state index is 0.328. The third-order valence-corrected chi connectivity index (χ3v) is 5.46. The first-order valence-corrected chi connectivity index (χ1v) is 7.65. The van der Waals surface area contributed by atoms with E-state index in [0.717, 1.165) is 18.6 Å². The summed E-state index contributed by atoms with van der Waals surface area (Å²) >= 11 is 0. The van der Waals surface area contributed by atoms with Gasteiger partial charge in [-0.3, -0.25) is 0 Å². The summed E-state index contributed by atoms with van der Waals surface area (Å²) in [5.41, 5.74) is 0.328. The van der Waals surface area contributed by atoms with Crippen molar-refractivity contribution in [3.8, 4) is 0 Å². The van der Waals surface area contributed by atoms with Crippen LogP contribution in [-0.4, -0.2) is 49.8 Å². The van der Waals surface area contributed by atoms with Crippen molar-refractivity contribution in [3.63, 3.8) is 0 Å². The van der Waals surface area contributed by atoms with Gasteiger partial charge >= 0.3 is 0 Å². The molecule has 1 saturated carbocycles. The van der Waals surface area contributed by atoms with Crippen LogP contribution in [0.2, 0.25) is 0 Å². The van der Waals surface area contributed by atoms with E-state index in [0.29, 0.717) is 17.6 Å². The fraction of sp³-hybridized carbons (Fsp3) is 1.00. The van der Waals surface area contributed by atoms with E-state index in [1.54, 1.807) is 0 Å². The van der Waals surface area contributed by atoms with Crippen molar-refractivity contribution in [1.29, 1.82) is 0 Å². The first-order valence-electron chi connectivity index (χ1n) is 7.65. The predicted octanol–water partition coefficient (Wildman–Crippen LogP) is 1.87. The van der Waals surface area contributed by atoms with Gasteiger partial charge in [-0.1, -0.05) is 13.8 Å². The summed E-state index contributed by atoms with van der Waals surface area (Å²) in [4.78, 5) is 2.44. The van der Waals surface area contributed by atoms with Crippen LogP contribution in [0.1, 0.15) is 39.5 Å². The summed E-state index contributed by atoms with van der Waals surface area (Å²) in [6, 6.07) is 1.41. The second-order valence-electron chi connectivity index (χ2n) is 7.14. The minimum Gasteiger partial charge on any atom is -0.377 e. The summed E-state index contributed by atoms with van der Waals surface area (Å²) in [6.07, 6.45) is 5.74. The molecule has 0 aromatic heterocycles. The van der Waals surface area contributed by atoms with Crippen LogP contribution in [0.15, 0.2) is 0 Å². The Bertz CT molecular complexity index is 297. The summed E-state index contributed by atoms with van der Waals surface area (Å²) < 4.78 is 5.98. The van der Waals surface area contributed by atoms with Crippen LogP contribution in [0, 0.1) is 11.3 Å². The van der Waals surface area contributed by atoms with Gasteiger partial charge in [0.05, 0.1) is 6.10 Å². The second-order valence-corrected chi connectivity index (χ2v) is 7.14. The van der Waals surface area contributed by atoms with Crippen LogP contribution in [0.25, 0.3) is 0 Å². The van der Waals surface area contributed by atoms with Crippen molar-refractivity contribution in [3.05, 3.63) is 0 Å². The Morgan fingerprint density at radius 2 is 1.89 bits per heavy atom. The maximum Gasteiger partial charge on any atom is 0.0684 e. The Morgan fingerprint density at radius 3 is 2.61 bits per heavy atom. The van der Waals surface area contributed by atoms with Gasteiger partial charge in [0.2, 0.25) is 0 Å². The van der Waals surface area contributed by atoms with Crippen molar-refractivity contribution < 1.29 is 4.74 Å². The van der Waals surface area contributed by atoms with E-state index in [1.807, 2.05) is 0 Å². The third-order valence-electron chi connectivity index (χ3n) is 5.46. The van der Waals surface area contributed by atoms with Crippen LogP contribution >= 0.6 is 0 Å². The van der Waals surface area contributed by atoms with Gasteiger partial charge in [0.15, 0.2) is 0 Å². The Balaban J connectivity index is 1.59. The zero-order valence-corrected chi connectivity index (χ0v) is 12.1. The lowest BCUT2D eigenvalue weighted by Crippen LogP contribution is -2.70. The molecule has 18 heavy (non-hydrogen) atoms. The second kappa shape index (κ2) is 4.77. The van der Waals surface area contributed by atoms with Crippen LogP contribution in [0.4, 0.5) is 0 Å². The Labute approximate surface area is 111 Å². The molecule has 3 fully saturated rings. The molecule has 0 amide bonds. The highest BCUT2D eigenvalue weighted by atomic mass is 16.5. The normalized spacial score (nSPS) is 41.2. The van der Waals surface area contributed by atoms with Gasteiger partial charge in [-0.2, -0.15) is 0 Å². The van der Waals surface area contributed by atoms with E-state index in [9.17, 15) is 0 Å². The van der Waals surface area contributed by atoms with E-state index in [4.69, 9.17) is 4.74 Å². The zero-order valence-electron chi connectivity index (χ0n) is 12.1. The Morgan fingerprint density at radius 1 is 1.17 bits per heavy atom. The van der Waals surface area contributed by atoms with Gasteiger partial charge in [-0.05, 0) is 45.8 Å². The first-order chi connectivity index (χ1) is 8.59. The van der Waals surface area contributed by atoms with Gasteiger partial charge in [-0.15, -0.1) is 0 Å². The molecule has 3 heteroatoms. The average Bonchev–Trinajstić information content (AvgIpc) is 2.38. The molecule has 3 atom stereocenters. The lowest BCUT2D eigenvalue weighted by molar-refractivity contribution is -0.195. The number of nitrogens with zero attached hydrogens (tertiary/aromatic N) is 1. The molecule has 0 aromatic rings. The lowest BCUT2D eigenvalue weighted by atomic mass is 9.55. The number of nitrogens with one attached hydrogen (secondary N) is 1. The Hall–Kier alpha value is -0.120. The SMILES string of the molecule is CN1CCC(NC2C3CCCOC3C2(C)C)CC1. The number of rotatable bonds is 2. The summed E-state index contributed by atoms with van der Waals surface area (Å²) in [6.45, 7) is 8.23. The highest BCUT2D eigenvalue weighted by Crippen LogP contribution is 2.51. The van der Waals surface area contributed by atoms with Crippen molar-refractivity contribution in [2.75, 3.05) is 26.7 Å².